The molecule has 0 aliphatic heterocycles. The van der Waals surface area contributed by atoms with E-state index in [0.29, 0.717) is 30.3 Å². The number of hydrogen-bond donors (Lipinski definition) is 1. The first-order chi connectivity index (χ1) is 20.0. The van der Waals surface area contributed by atoms with Crippen molar-refractivity contribution in [3.63, 3.8) is 0 Å². The van der Waals surface area contributed by atoms with Gasteiger partial charge in [-0.25, -0.2) is 0 Å². The lowest BCUT2D eigenvalue weighted by Crippen LogP contribution is -2.44. The number of unbranched alkanes of at least 4 members (excludes halogenated alkanes) is 2. The van der Waals surface area contributed by atoms with Crippen molar-refractivity contribution in [1.82, 2.24) is 9.80 Å². The predicted molar refractivity (Wildman–Crippen MR) is 169 cm³/mol. The highest BCUT2D eigenvalue weighted by atomic mass is 16.5. The SMILES string of the molecule is CC(C)N(C(=O)COc1cc(OCCCCCOc2ccc(C=NN)cc2)ccc1C(=O)N(C(C)C)C(C)C)C(C)C. The standard InChI is InChI=1S/C33H50N4O5/c1-23(2)36(24(3)4)32(38)22-42-31-20-29(16-17-30(31)33(39)37(25(5)6)26(7)8)41-19-11-9-10-18-40-28-14-12-27(13-15-28)21-35-34/h12-17,20-21,23-26H,9-11,18-19,22,34H2,1-8H3. The van der Waals surface area contributed by atoms with Gasteiger partial charge >= 0.3 is 0 Å². The van der Waals surface area contributed by atoms with Crippen molar-refractivity contribution in [2.24, 2.45) is 10.9 Å². The molecule has 0 bridgehead atoms. The maximum atomic E-state index is 13.6. The first-order valence-corrected chi connectivity index (χ1v) is 15.0. The van der Waals surface area contributed by atoms with E-state index < -0.39 is 0 Å². The molecule has 0 aliphatic carbocycles. The van der Waals surface area contributed by atoms with Gasteiger partial charge in [-0.15, -0.1) is 0 Å². The predicted octanol–water partition coefficient (Wildman–Crippen LogP) is 5.89. The second-order valence-electron chi connectivity index (χ2n) is 11.4. The number of benzene rings is 2. The van der Waals surface area contributed by atoms with Crippen LogP contribution in [0.2, 0.25) is 0 Å². The van der Waals surface area contributed by atoms with Gasteiger partial charge in [0.25, 0.3) is 11.8 Å². The average Bonchev–Trinajstić information content (AvgIpc) is 2.91. The summed E-state index contributed by atoms with van der Waals surface area (Å²) in [5.74, 6) is 6.66. The number of ether oxygens (including phenoxy) is 3. The third-order valence-corrected chi connectivity index (χ3v) is 6.71. The Morgan fingerprint density at radius 2 is 1.26 bits per heavy atom. The van der Waals surface area contributed by atoms with E-state index in [1.807, 2.05) is 84.6 Å². The first kappa shape index (κ1) is 34.5. The monoisotopic (exact) mass is 582 g/mol. The molecule has 0 atom stereocenters. The molecular weight excluding hydrogens is 532 g/mol. The topological polar surface area (TPSA) is 107 Å². The highest BCUT2D eigenvalue weighted by Crippen LogP contribution is 2.28. The number of hydrogen-bond acceptors (Lipinski definition) is 7. The zero-order valence-electron chi connectivity index (χ0n) is 26.6. The van der Waals surface area contributed by atoms with Gasteiger partial charge in [-0.3, -0.25) is 9.59 Å². The van der Waals surface area contributed by atoms with Gasteiger partial charge in [-0.2, -0.15) is 5.10 Å². The molecule has 232 valence electrons. The van der Waals surface area contributed by atoms with Crippen molar-refractivity contribution in [2.75, 3.05) is 19.8 Å². The molecule has 0 saturated heterocycles. The molecule has 0 unspecified atom stereocenters. The summed E-state index contributed by atoms with van der Waals surface area (Å²) in [6.45, 7) is 16.8. The molecule has 2 N–H and O–H groups in total. The normalized spacial score (nSPS) is 11.5. The van der Waals surface area contributed by atoms with Crippen LogP contribution in [0.5, 0.6) is 17.2 Å². The Kier molecular flexibility index (Phi) is 14.2. The van der Waals surface area contributed by atoms with Gasteiger partial charge in [-0.1, -0.05) is 0 Å². The van der Waals surface area contributed by atoms with E-state index in [1.54, 1.807) is 29.3 Å². The largest absolute Gasteiger partial charge is 0.494 e. The number of rotatable bonds is 17. The maximum absolute atomic E-state index is 13.6. The number of hydrazone groups is 1. The van der Waals surface area contributed by atoms with Crippen molar-refractivity contribution < 1.29 is 23.8 Å². The molecule has 42 heavy (non-hydrogen) atoms. The Morgan fingerprint density at radius 3 is 1.79 bits per heavy atom. The van der Waals surface area contributed by atoms with Crippen molar-refractivity contribution in [3.8, 4) is 17.2 Å². The van der Waals surface area contributed by atoms with Gasteiger partial charge in [0.2, 0.25) is 0 Å². The van der Waals surface area contributed by atoms with Crippen LogP contribution in [0.1, 0.15) is 90.6 Å². The van der Waals surface area contributed by atoms with Crippen LogP contribution >= 0.6 is 0 Å². The molecule has 0 radical (unpaired) electrons. The molecule has 0 fully saturated rings. The molecule has 0 spiro atoms. The lowest BCUT2D eigenvalue weighted by molar-refractivity contribution is -0.137. The number of amides is 2. The van der Waals surface area contributed by atoms with Crippen molar-refractivity contribution >= 4 is 18.0 Å². The number of carbonyl (C=O) groups excluding carboxylic acids is 2. The maximum Gasteiger partial charge on any atom is 0.260 e. The molecule has 2 aromatic rings. The lowest BCUT2D eigenvalue weighted by atomic mass is 10.1. The Morgan fingerprint density at radius 1 is 0.738 bits per heavy atom. The molecular formula is C33H50N4O5. The molecule has 2 amide bonds. The van der Waals surface area contributed by atoms with Gasteiger partial charge in [-0.05, 0) is 117 Å². The van der Waals surface area contributed by atoms with Crippen LogP contribution in [-0.4, -0.2) is 71.8 Å². The van der Waals surface area contributed by atoms with Crippen molar-refractivity contribution in [3.05, 3.63) is 53.6 Å². The summed E-state index contributed by atoms with van der Waals surface area (Å²) < 4.78 is 17.8. The van der Waals surface area contributed by atoms with Gasteiger partial charge in [0, 0.05) is 30.2 Å². The molecule has 9 heteroatoms. The Balaban J connectivity index is 2.01. The van der Waals surface area contributed by atoms with Crippen LogP contribution in [0.3, 0.4) is 0 Å². The lowest BCUT2D eigenvalue weighted by Gasteiger charge is -2.32. The molecule has 2 aromatic carbocycles. The summed E-state index contributed by atoms with van der Waals surface area (Å²) in [6.07, 6.45) is 4.26. The van der Waals surface area contributed by atoms with Gasteiger partial charge < -0.3 is 29.9 Å². The van der Waals surface area contributed by atoms with E-state index in [-0.39, 0.29) is 42.6 Å². The molecule has 0 aliphatic rings. The van der Waals surface area contributed by atoms with Crippen LogP contribution in [0.25, 0.3) is 0 Å². The second-order valence-corrected chi connectivity index (χ2v) is 11.4. The van der Waals surface area contributed by atoms with E-state index in [2.05, 4.69) is 5.10 Å². The van der Waals surface area contributed by atoms with Crippen LogP contribution in [0.15, 0.2) is 47.6 Å². The Bertz CT molecular complexity index is 1130. The molecule has 9 nitrogen and oxygen atoms in total. The Labute approximate surface area is 252 Å². The van der Waals surface area contributed by atoms with Crippen LogP contribution in [0, 0.1) is 0 Å². The summed E-state index contributed by atoms with van der Waals surface area (Å²) in [7, 11) is 0. The minimum absolute atomic E-state index is 0.00855. The number of nitrogens with zero attached hydrogens (tertiary/aromatic N) is 3. The summed E-state index contributed by atoms with van der Waals surface area (Å²) in [4.78, 5) is 30.1. The molecule has 0 heterocycles. The molecule has 2 rings (SSSR count). The highest BCUT2D eigenvalue weighted by Gasteiger charge is 2.26. The average molecular weight is 583 g/mol. The zero-order chi connectivity index (χ0) is 31.2. The number of nitrogens with two attached hydrogens (primary N) is 1. The van der Waals surface area contributed by atoms with Gasteiger partial charge in [0.05, 0.1) is 25.0 Å². The Hall–Kier alpha value is -3.75. The van der Waals surface area contributed by atoms with Crippen LogP contribution in [0.4, 0.5) is 0 Å². The van der Waals surface area contributed by atoms with E-state index >= 15 is 0 Å². The van der Waals surface area contributed by atoms with Gasteiger partial charge in [0.15, 0.2) is 6.61 Å². The van der Waals surface area contributed by atoms with E-state index in [1.165, 1.54) is 0 Å². The fourth-order valence-corrected chi connectivity index (χ4v) is 4.98. The zero-order valence-corrected chi connectivity index (χ0v) is 26.6. The minimum Gasteiger partial charge on any atom is -0.494 e. The van der Waals surface area contributed by atoms with Crippen LogP contribution < -0.4 is 20.1 Å². The van der Waals surface area contributed by atoms with Crippen molar-refractivity contribution in [2.45, 2.75) is 98.8 Å². The van der Waals surface area contributed by atoms with Crippen LogP contribution in [-0.2, 0) is 4.79 Å². The molecule has 0 saturated carbocycles. The smallest absolute Gasteiger partial charge is 0.260 e. The first-order valence-electron chi connectivity index (χ1n) is 15.0. The van der Waals surface area contributed by atoms with E-state index in [9.17, 15) is 9.59 Å². The summed E-state index contributed by atoms with van der Waals surface area (Å²) >= 11 is 0. The molecule has 0 aromatic heterocycles. The summed E-state index contributed by atoms with van der Waals surface area (Å²) in [5.41, 5.74) is 1.34. The second kappa shape index (κ2) is 17.3. The fraction of sp³-hybridized carbons (Fsp3) is 0.545. The number of carbonyl (C=O) groups is 2. The van der Waals surface area contributed by atoms with Gasteiger partial charge in [0.1, 0.15) is 17.2 Å². The van der Waals surface area contributed by atoms with E-state index in [4.69, 9.17) is 20.1 Å². The highest BCUT2D eigenvalue weighted by molar-refractivity contribution is 5.97. The summed E-state index contributed by atoms with van der Waals surface area (Å²) in [5, 5.41) is 3.51. The van der Waals surface area contributed by atoms with E-state index in [0.717, 1.165) is 30.6 Å². The minimum atomic E-state index is -0.160. The third-order valence-electron chi connectivity index (χ3n) is 6.71. The fourth-order valence-electron chi connectivity index (χ4n) is 4.98. The van der Waals surface area contributed by atoms with Crippen molar-refractivity contribution in [1.29, 1.82) is 0 Å². The third kappa shape index (κ3) is 10.6. The quantitative estimate of drug-likeness (QED) is 0.108. The summed E-state index contributed by atoms with van der Waals surface area (Å²) in [6, 6.07) is 12.9.